The largest absolute Gasteiger partial charge is 0.392 e. The lowest BCUT2D eigenvalue weighted by atomic mass is 10.1. The Morgan fingerprint density at radius 2 is 2.14 bits per heavy atom. The number of carbonyl (C=O) groups excluding carboxylic acids is 2. The first-order valence-corrected chi connectivity index (χ1v) is 8.01. The van der Waals surface area contributed by atoms with E-state index in [2.05, 4.69) is 16.9 Å². The molecule has 2 atom stereocenters. The molecule has 0 saturated carbocycles. The van der Waals surface area contributed by atoms with Gasteiger partial charge in [0.1, 0.15) is 5.71 Å². The molecule has 2 heterocycles. The van der Waals surface area contributed by atoms with Crippen molar-refractivity contribution in [2.24, 2.45) is 5.10 Å². The van der Waals surface area contributed by atoms with Crippen molar-refractivity contribution in [2.75, 3.05) is 32.7 Å². The molecule has 1 N–H and O–H groups in total. The molecule has 1 saturated heterocycles. The normalized spacial score (nSPS) is 25.2. The molecule has 0 spiro atoms. The minimum absolute atomic E-state index is 0.0193. The molecule has 0 aromatic carbocycles. The second-order valence-electron chi connectivity index (χ2n) is 6.10. The maximum atomic E-state index is 12.6. The number of piperazine rings is 1. The van der Waals surface area contributed by atoms with Gasteiger partial charge >= 0.3 is 0 Å². The van der Waals surface area contributed by atoms with Crippen molar-refractivity contribution in [3.63, 3.8) is 0 Å². The van der Waals surface area contributed by atoms with E-state index in [1.165, 1.54) is 5.01 Å². The molecule has 0 radical (unpaired) electrons. The van der Waals surface area contributed by atoms with E-state index in [9.17, 15) is 14.7 Å². The third-order valence-electron chi connectivity index (χ3n) is 4.20. The molecule has 2 amide bonds. The number of hydrogen-bond acceptors (Lipinski definition) is 5. The number of β-amino-alcohol motifs (C(OH)–C–C–N with tert-alkyl or cyclic N) is 1. The lowest BCUT2D eigenvalue weighted by Gasteiger charge is -2.40. The molecule has 124 valence electrons. The first-order chi connectivity index (χ1) is 10.4. The van der Waals surface area contributed by atoms with Crippen LogP contribution in [0.3, 0.4) is 0 Å². The van der Waals surface area contributed by atoms with Crippen molar-refractivity contribution >= 4 is 17.5 Å². The van der Waals surface area contributed by atoms with Crippen LogP contribution in [-0.2, 0) is 9.59 Å². The van der Waals surface area contributed by atoms with Gasteiger partial charge in [-0.3, -0.25) is 14.5 Å². The number of aliphatic hydroxyl groups excluding tert-OH is 1. The lowest BCUT2D eigenvalue weighted by molar-refractivity contribution is -0.132. The summed E-state index contributed by atoms with van der Waals surface area (Å²) in [6, 6.07) is 0.209. The molecule has 1 fully saturated rings. The Morgan fingerprint density at radius 1 is 1.41 bits per heavy atom. The number of rotatable bonds is 4. The summed E-state index contributed by atoms with van der Waals surface area (Å²) in [6.45, 7) is 8.83. The lowest BCUT2D eigenvalue weighted by Crippen LogP contribution is -2.56. The Morgan fingerprint density at radius 3 is 2.73 bits per heavy atom. The Hall–Kier alpha value is -1.47. The van der Waals surface area contributed by atoms with Crippen LogP contribution in [0.25, 0.3) is 0 Å². The fourth-order valence-corrected chi connectivity index (χ4v) is 2.98. The molecule has 2 aliphatic rings. The fraction of sp³-hybridized carbons (Fsp3) is 0.800. The van der Waals surface area contributed by atoms with Crippen molar-refractivity contribution < 1.29 is 14.7 Å². The second kappa shape index (κ2) is 7.19. The monoisotopic (exact) mass is 310 g/mol. The predicted octanol–water partition coefficient (Wildman–Crippen LogP) is -0.102. The van der Waals surface area contributed by atoms with Crippen molar-refractivity contribution in [1.29, 1.82) is 0 Å². The van der Waals surface area contributed by atoms with Crippen LogP contribution in [0, 0.1) is 0 Å². The summed E-state index contributed by atoms with van der Waals surface area (Å²) in [6.07, 6.45) is 0.420. The molecule has 7 heteroatoms. The maximum Gasteiger partial charge on any atom is 0.270 e. The average molecular weight is 310 g/mol. The van der Waals surface area contributed by atoms with Gasteiger partial charge in [-0.2, -0.15) is 5.10 Å². The van der Waals surface area contributed by atoms with Crippen LogP contribution >= 0.6 is 0 Å². The van der Waals surface area contributed by atoms with Gasteiger partial charge in [-0.1, -0.05) is 0 Å². The van der Waals surface area contributed by atoms with Gasteiger partial charge in [0.25, 0.3) is 5.91 Å². The molecule has 2 rings (SSSR count). The summed E-state index contributed by atoms with van der Waals surface area (Å²) < 4.78 is 0. The van der Waals surface area contributed by atoms with Gasteiger partial charge in [0.05, 0.1) is 6.10 Å². The minimum atomic E-state index is -0.364. The van der Waals surface area contributed by atoms with Gasteiger partial charge in [0, 0.05) is 51.6 Å². The molecular formula is C15H26N4O3. The average Bonchev–Trinajstić information content (AvgIpc) is 2.48. The van der Waals surface area contributed by atoms with E-state index in [1.54, 1.807) is 6.92 Å². The van der Waals surface area contributed by atoms with Crippen molar-refractivity contribution in [3.05, 3.63) is 0 Å². The zero-order valence-electron chi connectivity index (χ0n) is 13.7. The number of carbonyl (C=O) groups is 2. The SMILES string of the molecule is CCN1N=C(C(=O)N2CCN(C[C@@H](C)O)[C@H](C)C2)CCC1=O. The molecule has 2 aliphatic heterocycles. The number of hydrogen-bond donors (Lipinski definition) is 1. The van der Waals surface area contributed by atoms with E-state index in [1.807, 2.05) is 11.8 Å². The summed E-state index contributed by atoms with van der Waals surface area (Å²) in [4.78, 5) is 28.2. The van der Waals surface area contributed by atoms with Gasteiger partial charge in [-0.15, -0.1) is 0 Å². The van der Waals surface area contributed by atoms with E-state index in [-0.39, 0.29) is 24.0 Å². The molecule has 22 heavy (non-hydrogen) atoms. The van der Waals surface area contributed by atoms with Gasteiger partial charge in [-0.25, -0.2) is 5.01 Å². The van der Waals surface area contributed by atoms with E-state index in [0.29, 0.717) is 44.7 Å². The Bertz CT molecular complexity index is 464. The van der Waals surface area contributed by atoms with Crippen molar-refractivity contribution in [2.45, 2.75) is 45.8 Å². The molecule has 0 unspecified atom stereocenters. The van der Waals surface area contributed by atoms with Crippen LogP contribution in [0.4, 0.5) is 0 Å². The summed E-state index contributed by atoms with van der Waals surface area (Å²) >= 11 is 0. The van der Waals surface area contributed by atoms with E-state index in [4.69, 9.17) is 0 Å². The first kappa shape index (κ1) is 16.9. The second-order valence-corrected chi connectivity index (χ2v) is 6.10. The highest BCUT2D eigenvalue weighted by molar-refractivity contribution is 6.39. The van der Waals surface area contributed by atoms with Crippen LogP contribution in [0.2, 0.25) is 0 Å². The maximum absolute atomic E-state index is 12.6. The molecular weight excluding hydrogens is 284 g/mol. The standard InChI is InChI=1S/C15H26N4O3/c1-4-19-14(21)6-5-13(16-19)15(22)18-8-7-17(10-12(3)20)11(2)9-18/h11-12,20H,4-10H2,1-3H3/t11-,12-/m1/s1. The van der Waals surface area contributed by atoms with E-state index in [0.717, 1.165) is 6.54 Å². The van der Waals surface area contributed by atoms with Gasteiger partial charge in [0.15, 0.2) is 0 Å². The van der Waals surface area contributed by atoms with Crippen molar-refractivity contribution in [3.8, 4) is 0 Å². The summed E-state index contributed by atoms with van der Waals surface area (Å²) in [5, 5.41) is 15.1. The zero-order chi connectivity index (χ0) is 16.3. The summed E-state index contributed by atoms with van der Waals surface area (Å²) in [5.74, 6) is -0.0799. The fourth-order valence-electron chi connectivity index (χ4n) is 2.98. The van der Waals surface area contributed by atoms with E-state index < -0.39 is 0 Å². The molecule has 0 aromatic heterocycles. The number of aliphatic hydroxyl groups is 1. The quantitative estimate of drug-likeness (QED) is 0.786. The molecule has 0 aromatic rings. The highest BCUT2D eigenvalue weighted by Gasteiger charge is 2.31. The van der Waals surface area contributed by atoms with Crippen LogP contribution in [0.15, 0.2) is 5.10 Å². The van der Waals surface area contributed by atoms with Crippen LogP contribution in [-0.4, -0.2) is 82.3 Å². The predicted molar refractivity (Wildman–Crippen MR) is 83.4 cm³/mol. The van der Waals surface area contributed by atoms with Gasteiger partial charge in [-0.05, 0) is 20.8 Å². The Kier molecular flexibility index (Phi) is 5.52. The topological polar surface area (TPSA) is 76.5 Å². The van der Waals surface area contributed by atoms with Gasteiger partial charge in [0.2, 0.25) is 5.91 Å². The summed E-state index contributed by atoms with van der Waals surface area (Å²) in [5.41, 5.74) is 0.484. The highest BCUT2D eigenvalue weighted by atomic mass is 16.3. The third-order valence-corrected chi connectivity index (χ3v) is 4.20. The highest BCUT2D eigenvalue weighted by Crippen LogP contribution is 2.15. The number of hydrazone groups is 1. The number of amides is 2. The summed E-state index contributed by atoms with van der Waals surface area (Å²) in [7, 11) is 0. The zero-order valence-corrected chi connectivity index (χ0v) is 13.7. The Labute approximate surface area is 131 Å². The van der Waals surface area contributed by atoms with Gasteiger partial charge < -0.3 is 10.0 Å². The van der Waals surface area contributed by atoms with Crippen LogP contribution in [0.1, 0.15) is 33.6 Å². The first-order valence-electron chi connectivity index (χ1n) is 8.01. The van der Waals surface area contributed by atoms with Crippen LogP contribution in [0.5, 0.6) is 0 Å². The molecule has 0 bridgehead atoms. The van der Waals surface area contributed by atoms with E-state index >= 15 is 0 Å². The smallest absolute Gasteiger partial charge is 0.270 e. The van der Waals surface area contributed by atoms with Crippen molar-refractivity contribution in [1.82, 2.24) is 14.8 Å². The molecule has 0 aliphatic carbocycles. The third kappa shape index (κ3) is 3.84. The number of nitrogens with zero attached hydrogens (tertiary/aromatic N) is 4. The molecule has 7 nitrogen and oxygen atoms in total. The van der Waals surface area contributed by atoms with Crippen LogP contribution < -0.4 is 0 Å². The minimum Gasteiger partial charge on any atom is -0.392 e. The Balaban J connectivity index is 1.98.